The van der Waals surface area contributed by atoms with Crippen molar-refractivity contribution in [3.05, 3.63) is 0 Å². The van der Waals surface area contributed by atoms with Gasteiger partial charge in [-0.2, -0.15) is 0 Å². The lowest BCUT2D eigenvalue weighted by molar-refractivity contribution is -0.143. The zero-order chi connectivity index (χ0) is 13.6. The molecule has 3 heteroatoms. The van der Waals surface area contributed by atoms with Gasteiger partial charge in [0.25, 0.3) is 0 Å². The molecule has 5 aliphatic rings. The van der Waals surface area contributed by atoms with Gasteiger partial charge < -0.3 is 14.6 Å². The summed E-state index contributed by atoms with van der Waals surface area (Å²) < 4.78 is 11.4. The molecule has 0 aromatic rings. The van der Waals surface area contributed by atoms with Crippen LogP contribution < -0.4 is 0 Å². The largest absolute Gasteiger partial charge is 0.390 e. The van der Waals surface area contributed by atoms with E-state index < -0.39 is 0 Å². The quantitative estimate of drug-likeness (QED) is 0.841. The molecule has 0 aromatic heterocycles. The van der Waals surface area contributed by atoms with Crippen molar-refractivity contribution in [2.24, 2.45) is 23.2 Å². The van der Waals surface area contributed by atoms with E-state index in [1.807, 2.05) is 0 Å². The molecule has 2 unspecified atom stereocenters. The summed E-state index contributed by atoms with van der Waals surface area (Å²) in [5, 5.41) is 10.7. The van der Waals surface area contributed by atoms with Crippen LogP contribution in [0, 0.1) is 23.2 Å². The standard InChI is InChI=1S/C17H28O3/c18-16(11-19-10-15-2-1-3-20-15)17-7-12-4-13(8-17)6-14(5-12)9-17/h12-16,18H,1-11H2. The Labute approximate surface area is 122 Å². The molecular weight excluding hydrogens is 252 g/mol. The lowest BCUT2D eigenvalue weighted by Gasteiger charge is -2.58. The molecule has 0 amide bonds. The average Bonchev–Trinajstić information content (AvgIpc) is 2.90. The Morgan fingerprint density at radius 2 is 1.75 bits per heavy atom. The van der Waals surface area contributed by atoms with Crippen LogP contribution in [0.3, 0.4) is 0 Å². The van der Waals surface area contributed by atoms with Gasteiger partial charge in [-0.1, -0.05) is 0 Å². The molecule has 5 rings (SSSR count). The predicted molar refractivity (Wildman–Crippen MR) is 76.4 cm³/mol. The first kappa shape index (κ1) is 13.5. The van der Waals surface area contributed by atoms with Gasteiger partial charge in [0.2, 0.25) is 0 Å². The molecule has 2 atom stereocenters. The first-order valence-electron chi connectivity index (χ1n) is 8.61. The summed E-state index contributed by atoms with van der Waals surface area (Å²) in [7, 11) is 0. The van der Waals surface area contributed by atoms with Gasteiger partial charge in [0.05, 0.1) is 25.4 Å². The molecule has 5 fully saturated rings. The maximum atomic E-state index is 10.7. The first-order chi connectivity index (χ1) is 9.73. The van der Waals surface area contributed by atoms with E-state index in [1.54, 1.807) is 0 Å². The fourth-order valence-corrected chi connectivity index (χ4v) is 5.85. The van der Waals surface area contributed by atoms with Crippen molar-refractivity contribution >= 4 is 0 Å². The zero-order valence-electron chi connectivity index (χ0n) is 12.4. The van der Waals surface area contributed by atoms with Crippen LogP contribution in [0.2, 0.25) is 0 Å². The summed E-state index contributed by atoms with van der Waals surface area (Å²) in [6, 6.07) is 0. The van der Waals surface area contributed by atoms with Crippen molar-refractivity contribution in [1.82, 2.24) is 0 Å². The van der Waals surface area contributed by atoms with Crippen molar-refractivity contribution in [2.45, 2.75) is 63.6 Å². The molecule has 4 aliphatic carbocycles. The summed E-state index contributed by atoms with van der Waals surface area (Å²) in [5.41, 5.74) is 0.200. The van der Waals surface area contributed by atoms with E-state index in [4.69, 9.17) is 9.47 Å². The second-order valence-electron chi connectivity index (χ2n) is 7.97. The van der Waals surface area contributed by atoms with Crippen molar-refractivity contribution in [1.29, 1.82) is 0 Å². The molecule has 3 nitrogen and oxygen atoms in total. The first-order valence-corrected chi connectivity index (χ1v) is 8.61. The van der Waals surface area contributed by atoms with Crippen LogP contribution in [0.4, 0.5) is 0 Å². The number of hydrogen-bond acceptors (Lipinski definition) is 3. The molecule has 1 heterocycles. The van der Waals surface area contributed by atoms with E-state index in [2.05, 4.69) is 0 Å². The summed E-state index contributed by atoms with van der Waals surface area (Å²) in [5.74, 6) is 2.69. The van der Waals surface area contributed by atoms with E-state index in [9.17, 15) is 5.11 Å². The lowest BCUT2D eigenvalue weighted by atomic mass is 9.48. The van der Waals surface area contributed by atoms with Crippen LogP contribution in [-0.2, 0) is 9.47 Å². The number of aliphatic hydroxyl groups is 1. The Balaban J connectivity index is 1.32. The number of aliphatic hydroxyl groups excluding tert-OH is 1. The highest BCUT2D eigenvalue weighted by Crippen LogP contribution is 2.61. The zero-order valence-corrected chi connectivity index (χ0v) is 12.4. The van der Waals surface area contributed by atoms with Crippen LogP contribution in [0.1, 0.15) is 51.4 Å². The minimum Gasteiger partial charge on any atom is -0.390 e. The van der Waals surface area contributed by atoms with Gasteiger partial charge in [-0.05, 0) is 74.5 Å². The van der Waals surface area contributed by atoms with Crippen LogP contribution in [-0.4, -0.2) is 37.1 Å². The summed E-state index contributed by atoms with van der Waals surface area (Å²) >= 11 is 0. The predicted octanol–water partition coefficient (Wildman–Crippen LogP) is 2.76. The van der Waals surface area contributed by atoms with Gasteiger partial charge in [-0.15, -0.1) is 0 Å². The van der Waals surface area contributed by atoms with Crippen molar-refractivity contribution in [3.63, 3.8) is 0 Å². The van der Waals surface area contributed by atoms with Crippen LogP contribution in [0.25, 0.3) is 0 Å². The number of rotatable bonds is 5. The van der Waals surface area contributed by atoms with Crippen LogP contribution in [0.15, 0.2) is 0 Å². The van der Waals surface area contributed by atoms with E-state index in [-0.39, 0.29) is 17.6 Å². The maximum absolute atomic E-state index is 10.7. The fourth-order valence-electron chi connectivity index (χ4n) is 5.85. The van der Waals surface area contributed by atoms with E-state index in [1.165, 1.54) is 38.5 Å². The Hall–Kier alpha value is -0.120. The van der Waals surface area contributed by atoms with E-state index >= 15 is 0 Å². The smallest absolute Gasteiger partial charge is 0.0830 e. The monoisotopic (exact) mass is 280 g/mol. The van der Waals surface area contributed by atoms with Gasteiger partial charge in [0.1, 0.15) is 0 Å². The van der Waals surface area contributed by atoms with Crippen LogP contribution >= 0.6 is 0 Å². The molecule has 4 saturated carbocycles. The molecule has 0 spiro atoms. The third kappa shape index (κ3) is 2.42. The molecule has 4 bridgehead atoms. The Kier molecular flexibility index (Phi) is 3.56. The van der Waals surface area contributed by atoms with Gasteiger partial charge in [0.15, 0.2) is 0 Å². The molecule has 0 radical (unpaired) electrons. The maximum Gasteiger partial charge on any atom is 0.0830 e. The third-order valence-electron chi connectivity index (χ3n) is 6.40. The Morgan fingerprint density at radius 1 is 1.10 bits per heavy atom. The molecule has 0 aromatic carbocycles. The van der Waals surface area contributed by atoms with Crippen molar-refractivity contribution in [2.75, 3.05) is 19.8 Å². The highest BCUT2D eigenvalue weighted by atomic mass is 16.5. The van der Waals surface area contributed by atoms with Gasteiger partial charge in [-0.25, -0.2) is 0 Å². The molecular formula is C17H28O3. The lowest BCUT2D eigenvalue weighted by Crippen LogP contribution is -2.53. The third-order valence-corrected chi connectivity index (χ3v) is 6.40. The molecule has 1 aliphatic heterocycles. The van der Waals surface area contributed by atoms with Crippen molar-refractivity contribution in [3.8, 4) is 0 Å². The second kappa shape index (κ2) is 5.26. The second-order valence-corrected chi connectivity index (χ2v) is 7.97. The van der Waals surface area contributed by atoms with Gasteiger partial charge >= 0.3 is 0 Å². The van der Waals surface area contributed by atoms with E-state index in [0.717, 1.165) is 37.2 Å². The summed E-state index contributed by atoms with van der Waals surface area (Å²) in [6.45, 7) is 2.07. The molecule has 1 saturated heterocycles. The minimum atomic E-state index is -0.252. The van der Waals surface area contributed by atoms with E-state index in [0.29, 0.717) is 13.2 Å². The average molecular weight is 280 g/mol. The van der Waals surface area contributed by atoms with Gasteiger partial charge in [-0.3, -0.25) is 0 Å². The SMILES string of the molecule is OC(COCC1CCCO1)C12CC3CC(CC(C3)C1)C2. The van der Waals surface area contributed by atoms with Crippen LogP contribution in [0.5, 0.6) is 0 Å². The highest BCUT2D eigenvalue weighted by Gasteiger charge is 2.53. The fraction of sp³-hybridized carbons (Fsp3) is 1.00. The summed E-state index contributed by atoms with van der Waals surface area (Å²) in [4.78, 5) is 0. The highest BCUT2D eigenvalue weighted by molar-refractivity contribution is 5.04. The van der Waals surface area contributed by atoms with Crippen molar-refractivity contribution < 1.29 is 14.6 Å². The normalized spacial score (nSPS) is 47.9. The molecule has 20 heavy (non-hydrogen) atoms. The molecule has 1 N–H and O–H groups in total. The summed E-state index contributed by atoms with van der Waals surface area (Å²) in [6.07, 6.45) is 10.4. The Bertz CT molecular complexity index is 313. The minimum absolute atomic E-state index is 0.200. The topological polar surface area (TPSA) is 38.7 Å². The van der Waals surface area contributed by atoms with Gasteiger partial charge in [0, 0.05) is 6.61 Å². The molecule has 114 valence electrons. The number of hydrogen-bond donors (Lipinski definition) is 1. The number of ether oxygens (including phenoxy) is 2. The Morgan fingerprint density at radius 3 is 2.30 bits per heavy atom.